The molecule has 1 fully saturated rings. The Kier molecular flexibility index (Phi) is 5.27. The Bertz CT molecular complexity index is 975. The van der Waals surface area contributed by atoms with Crippen LogP contribution >= 0.6 is 0 Å². The van der Waals surface area contributed by atoms with E-state index in [2.05, 4.69) is 9.97 Å². The summed E-state index contributed by atoms with van der Waals surface area (Å²) in [6.07, 6.45) is 1.43. The van der Waals surface area contributed by atoms with Gasteiger partial charge in [-0.25, -0.2) is 14.8 Å². The molecule has 1 N–H and O–H groups in total. The smallest absolute Gasteiger partial charge is 0.335 e. The number of hydrogen-bond acceptors (Lipinski definition) is 5. The lowest BCUT2D eigenvalue weighted by molar-refractivity contribution is 0.0697. The van der Waals surface area contributed by atoms with Gasteiger partial charge in [0.1, 0.15) is 5.82 Å². The van der Waals surface area contributed by atoms with Crippen molar-refractivity contribution in [2.45, 2.75) is 25.8 Å². The summed E-state index contributed by atoms with van der Waals surface area (Å²) in [5.74, 6) is -0.501. The van der Waals surface area contributed by atoms with Crippen molar-refractivity contribution in [3.8, 4) is 11.3 Å². The van der Waals surface area contributed by atoms with E-state index in [0.29, 0.717) is 35.7 Å². The zero-order valence-electron chi connectivity index (χ0n) is 15.5. The number of carboxylic acid groups (broad SMARTS) is 1. The van der Waals surface area contributed by atoms with Crippen molar-refractivity contribution in [1.29, 1.82) is 0 Å². The lowest BCUT2D eigenvalue weighted by Crippen LogP contribution is -2.39. The monoisotopic (exact) mass is 390 g/mol. The second-order valence-electron chi connectivity index (χ2n) is 6.67. The molecule has 1 aliphatic rings. The maximum atomic E-state index is 12.6. The van der Waals surface area contributed by atoms with Crippen LogP contribution in [0.2, 0.25) is 0 Å². The van der Waals surface area contributed by atoms with E-state index in [0.717, 1.165) is 6.42 Å². The highest BCUT2D eigenvalue weighted by atomic mass is 32.2. The second kappa shape index (κ2) is 7.34. The molecule has 2 heterocycles. The molecule has 1 atom stereocenters. The average molecular weight is 390 g/mol. The first-order valence-electron chi connectivity index (χ1n) is 8.59. The molecule has 0 saturated carbocycles. The number of rotatable bonds is 5. The molecule has 1 saturated heterocycles. The van der Waals surface area contributed by atoms with Crippen LogP contribution in [0.4, 0.5) is 0 Å². The fraction of sp³-hybridized carbons (Fsp3) is 0.389. The van der Waals surface area contributed by atoms with Gasteiger partial charge in [-0.15, -0.1) is 0 Å². The average Bonchev–Trinajstić information content (AvgIpc) is 3.11. The largest absolute Gasteiger partial charge is 0.478 e. The number of aromatic nitrogens is 2. The van der Waals surface area contributed by atoms with E-state index in [9.17, 15) is 18.3 Å². The van der Waals surface area contributed by atoms with Crippen molar-refractivity contribution >= 4 is 16.2 Å². The Hall–Kier alpha value is -2.36. The summed E-state index contributed by atoms with van der Waals surface area (Å²) < 4.78 is 27.9. The highest BCUT2D eigenvalue weighted by Gasteiger charge is 2.37. The van der Waals surface area contributed by atoms with Crippen LogP contribution in [0, 0.1) is 6.92 Å². The first-order chi connectivity index (χ1) is 12.7. The zero-order chi connectivity index (χ0) is 19.8. The number of hydrogen-bond donors (Lipinski definition) is 1. The Morgan fingerprint density at radius 1 is 1.26 bits per heavy atom. The fourth-order valence-corrected chi connectivity index (χ4v) is 4.56. The van der Waals surface area contributed by atoms with Gasteiger partial charge in [0.15, 0.2) is 0 Å². The first kappa shape index (κ1) is 19.4. The Labute approximate surface area is 158 Å². The number of aromatic carboxylic acids is 1. The summed E-state index contributed by atoms with van der Waals surface area (Å²) >= 11 is 0. The summed E-state index contributed by atoms with van der Waals surface area (Å²) in [5, 5.41) is 9.20. The summed E-state index contributed by atoms with van der Waals surface area (Å²) in [4.78, 5) is 20.1. The SMILES string of the molecule is Cc1nc(-c2cccc(C(=O)O)c2)cc([C@@H]2CCCN2S(=O)(=O)N(C)C)n1. The minimum Gasteiger partial charge on any atom is -0.478 e. The summed E-state index contributed by atoms with van der Waals surface area (Å²) in [6, 6.07) is 7.90. The van der Waals surface area contributed by atoms with Crippen LogP contribution in [0.3, 0.4) is 0 Å². The number of nitrogens with zero attached hydrogens (tertiary/aromatic N) is 4. The second-order valence-corrected chi connectivity index (χ2v) is 8.77. The minimum absolute atomic E-state index is 0.169. The molecule has 0 spiro atoms. The third kappa shape index (κ3) is 3.85. The summed E-state index contributed by atoms with van der Waals surface area (Å²) in [7, 11) is -0.528. The molecule has 27 heavy (non-hydrogen) atoms. The van der Waals surface area contributed by atoms with Crippen molar-refractivity contribution in [3.63, 3.8) is 0 Å². The molecule has 3 rings (SSSR count). The molecular weight excluding hydrogens is 368 g/mol. The van der Waals surface area contributed by atoms with E-state index in [1.807, 2.05) is 0 Å². The van der Waals surface area contributed by atoms with Crippen molar-refractivity contribution in [2.75, 3.05) is 20.6 Å². The van der Waals surface area contributed by atoms with Crippen LogP contribution in [0.25, 0.3) is 11.3 Å². The fourth-order valence-electron chi connectivity index (χ4n) is 3.24. The van der Waals surface area contributed by atoms with Crippen LogP contribution in [-0.4, -0.2) is 58.7 Å². The van der Waals surface area contributed by atoms with E-state index >= 15 is 0 Å². The lowest BCUT2D eigenvalue weighted by Gasteiger charge is -2.26. The number of carbonyl (C=O) groups is 1. The first-order valence-corrected chi connectivity index (χ1v) is 9.98. The highest BCUT2D eigenvalue weighted by Crippen LogP contribution is 2.35. The van der Waals surface area contributed by atoms with Crippen LogP contribution < -0.4 is 0 Å². The molecule has 1 aliphatic heterocycles. The van der Waals surface area contributed by atoms with Crippen LogP contribution in [0.15, 0.2) is 30.3 Å². The molecule has 0 bridgehead atoms. The van der Waals surface area contributed by atoms with E-state index in [1.54, 1.807) is 31.2 Å². The number of aryl methyl sites for hydroxylation is 1. The van der Waals surface area contributed by atoms with E-state index < -0.39 is 16.2 Å². The maximum Gasteiger partial charge on any atom is 0.335 e. The molecule has 0 radical (unpaired) electrons. The van der Waals surface area contributed by atoms with Crippen molar-refractivity contribution in [1.82, 2.24) is 18.6 Å². The van der Waals surface area contributed by atoms with E-state index in [4.69, 9.17) is 0 Å². The summed E-state index contributed by atoms with van der Waals surface area (Å²) in [5.41, 5.74) is 2.03. The molecule has 2 aromatic rings. The molecular formula is C18H22N4O4S. The Balaban J connectivity index is 2.03. The Morgan fingerprint density at radius 2 is 2.00 bits per heavy atom. The molecule has 1 aromatic heterocycles. The Morgan fingerprint density at radius 3 is 2.67 bits per heavy atom. The van der Waals surface area contributed by atoms with Gasteiger partial charge in [0.25, 0.3) is 10.2 Å². The van der Waals surface area contributed by atoms with Crippen LogP contribution in [0.1, 0.15) is 40.8 Å². The van der Waals surface area contributed by atoms with Gasteiger partial charge in [-0.05, 0) is 38.0 Å². The normalized spacial score (nSPS) is 18.1. The number of carboxylic acids is 1. The summed E-state index contributed by atoms with van der Waals surface area (Å²) in [6.45, 7) is 2.19. The zero-order valence-corrected chi connectivity index (χ0v) is 16.3. The van der Waals surface area contributed by atoms with Gasteiger partial charge in [-0.3, -0.25) is 0 Å². The predicted molar refractivity (Wildman–Crippen MR) is 100 cm³/mol. The molecule has 0 aliphatic carbocycles. The van der Waals surface area contributed by atoms with Gasteiger partial charge in [-0.1, -0.05) is 12.1 Å². The minimum atomic E-state index is -3.55. The van der Waals surface area contributed by atoms with Gasteiger partial charge < -0.3 is 5.11 Å². The van der Waals surface area contributed by atoms with E-state index in [1.165, 1.54) is 28.8 Å². The van der Waals surface area contributed by atoms with Crippen molar-refractivity contribution < 1.29 is 18.3 Å². The van der Waals surface area contributed by atoms with E-state index in [-0.39, 0.29) is 11.6 Å². The van der Waals surface area contributed by atoms with Gasteiger partial charge in [-0.2, -0.15) is 17.0 Å². The van der Waals surface area contributed by atoms with Gasteiger partial charge in [0, 0.05) is 26.2 Å². The highest BCUT2D eigenvalue weighted by molar-refractivity contribution is 7.86. The third-order valence-electron chi connectivity index (χ3n) is 4.57. The molecule has 8 nitrogen and oxygen atoms in total. The molecule has 1 aromatic carbocycles. The third-order valence-corrected chi connectivity index (χ3v) is 6.52. The molecule has 0 unspecified atom stereocenters. The molecule has 144 valence electrons. The maximum absolute atomic E-state index is 12.6. The lowest BCUT2D eigenvalue weighted by atomic mass is 10.0. The van der Waals surface area contributed by atoms with Crippen LogP contribution in [-0.2, 0) is 10.2 Å². The van der Waals surface area contributed by atoms with Gasteiger partial charge in [0.05, 0.1) is 23.0 Å². The molecule has 9 heteroatoms. The van der Waals surface area contributed by atoms with Crippen molar-refractivity contribution in [2.24, 2.45) is 0 Å². The molecule has 0 amide bonds. The van der Waals surface area contributed by atoms with Gasteiger partial charge in [0.2, 0.25) is 0 Å². The number of benzene rings is 1. The quantitative estimate of drug-likeness (QED) is 0.838. The van der Waals surface area contributed by atoms with Crippen LogP contribution in [0.5, 0.6) is 0 Å². The van der Waals surface area contributed by atoms with Crippen molar-refractivity contribution in [3.05, 3.63) is 47.4 Å². The predicted octanol–water partition coefficient (Wildman–Crippen LogP) is 2.09. The standard InChI is InChI=1S/C18H22N4O4S/c1-12-19-15(13-6-4-7-14(10-13)18(23)24)11-16(20-12)17-8-5-9-22(17)27(25,26)21(2)3/h4,6-7,10-11,17H,5,8-9H2,1-3H3,(H,23,24)/t17-/m0/s1. The van der Waals surface area contributed by atoms with Gasteiger partial charge >= 0.3 is 5.97 Å². The topological polar surface area (TPSA) is 104 Å².